The highest BCUT2D eigenvalue weighted by Gasteiger charge is 2.17. The zero-order valence-corrected chi connectivity index (χ0v) is 10.4. The molecule has 19 heavy (non-hydrogen) atoms. The van der Waals surface area contributed by atoms with Crippen molar-refractivity contribution in [2.24, 2.45) is 0 Å². The van der Waals surface area contributed by atoms with Crippen LogP contribution in [0.5, 0.6) is 5.88 Å². The van der Waals surface area contributed by atoms with Crippen LogP contribution >= 0.6 is 0 Å². The molecule has 4 nitrogen and oxygen atoms in total. The van der Waals surface area contributed by atoms with Gasteiger partial charge in [-0.3, -0.25) is 0 Å². The Morgan fingerprint density at radius 1 is 1.16 bits per heavy atom. The molecule has 1 atom stereocenters. The molecule has 0 spiro atoms. The van der Waals surface area contributed by atoms with Crippen LogP contribution in [0.2, 0.25) is 0 Å². The second-order valence-electron chi connectivity index (χ2n) is 4.19. The van der Waals surface area contributed by atoms with E-state index in [0.29, 0.717) is 17.3 Å². The fourth-order valence-electron chi connectivity index (χ4n) is 1.98. The fourth-order valence-corrected chi connectivity index (χ4v) is 1.98. The largest absolute Gasteiger partial charge is 0.481 e. The number of rotatable bonds is 3. The van der Waals surface area contributed by atoms with Gasteiger partial charge >= 0.3 is 0 Å². The predicted octanol–water partition coefficient (Wildman–Crippen LogP) is 2.92. The molecule has 3 aromatic rings. The van der Waals surface area contributed by atoms with E-state index in [1.165, 1.54) is 0 Å². The van der Waals surface area contributed by atoms with Crippen LogP contribution < -0.4 is 4.74 Å². The van der Waals surface area contributed by atoms with Crippen LogP contribution in [0.1, 0.15) is 17.6 Å². The summed E-state index contributed by atoms with van der Waals surface area (Å²) in [5.41, 5.74) is 1.25. The second kappa shape index (κ2) is 4.74. The molecule has 96 valence electrons. The van der Waals surface area contributed by atoms with Crippen molar-refractivity contribution < 1.29 is 14.3 Å². The Kier molecular flexibility index (Phi) is 2.93. The Morgan fingerprint density at radius 3 is 2.79 bits per heavy atom. The molecular weight excluding hydrogens is 242 g/mol. The summed E-state index contributed by atoms with van der Waals surface area (Å²) in [7, 11) is 1.54. The van der Waals surface area contributed by atoms with Gasteiger partial charge in [0.25, 0.3) is 0 Å². The maximum absolute atomic E-state index is 10.3. The lowest BCUT2D eigenvalue weighted by Gasteiger charge is -2.08. The summed E-state index contributed by atoms with van der Waals surface area (Å²) < 4.78 is 10.7. The smallest absolute Gasteiger partial charge is 0.213 e. The third kappa shape index (κ3) is 2.18. The molecule has 0 fully saturated rings. The lowest BCUT2D eigenvalue weighted by molar-refractivity contribution is 0.186. The highest BCUT2D eigenvalue weighted by molar-refractivity contribution is 5.77. The van der Waals surface area contributed by atoms with E-state index < -0.39 is 6.10 Å². The number of nitrogens with zero attached hydrogens (tertiary/aromatic N) is 1. The van der Waals surface area contributed by atoms with E-state index in [2.05, 4.69) is 4.98 Å². The second-order valence-corrected chi connectivity index (χ2v) is 4.19. The van der Waals surface area contributed by atoms with Crippen molar-refractivity contribution in [1.82, 2.24) is 4.98 Å². The quantitative estimate of drug-likeness (QED) is 0.781. The molecule has 2 heterocycles. The predicted molar refractivity (Wildman–Crippen MR) is 71.1 cm³/mol. The molecule has 0 saturated carbocycles. The Labute approximate surface area is 110 Å². The molecule has 4 heteroatoms. The number of para-hydroxylation sites is 1. The summed E-state index contributed by atoms with van der Waals surface area (Å²) in [4.78, 5) is 4.21. The first-order valence-corrected chi connectivity index (χ1v) is 5.95. The number of pyridine rings is 1. The van der Waals surface area contributed by atoms with Crippen molar-refractivity contribution in [2.75, 3.05) is 7.11 Å². The van der Waals surface area contributed by atoms with Gasteiger partial charge in [0.1, 0.15) is 11.3 Å². The van der Waals surface area contributed by atoms with E-state index in [9.17, 15) is 5.11 Å². The summed E-state index contributed by atoms with van der Waals surface area (Å²) in [5, 5.41) is 11.3. The van der Waals surface area contributed by atoms with Gasteiger partial charge in [0.2, 0.25) is 5.88 Å². The minimum absolute atomic E-state index is 0.465. The molecule has 1 unspecified atom stereocenters. The van der Waals surface area contributed by atoms with Crippen molar-refractivity contribution in [3.05, 3.63) is 60.0 Å². The number of aliphatic hydroxyl groups is 1. The summed E-state index contributed by atoms with van der Waals surface area (Å²) in [6.45, 7) is 0. The van der Waals surface area contributed by atoms with E-state index in [-0.39, 0.29) is 0 Å². The van der Waals surface area contributed by atoms with Crippen molar-refractivity contribution >= 4 is 11.0 Å². The van der Waals surface area contributed by atoms with Gasteiger partial charge < -0.3 is 14.3 Å². The van der Waals surface area contributed by atoms with Crippen LogP contribution in [0.25, 0.3) is 11.0 Å². The number of aromatic nitrogens is 1. The standard InChI is InChI=1S/C15H13NO3/c1-18-14-8-4-6-11(16-14)15(17)13-9-10-5-2-3-7-12(10)19-13/h2-9,15,17H,1H3. The number of hydrogen-bond donors (Lipinski definition) is 1. The molecule has 3 rings (SSSR count). The summed E-state index contributed by atoms with van der Waals surface area (Å²) in [6.07, 6.45) is -0.900. The molecular formula is C15H13NO3. The molecule has 0 aliphatic rings. The number of furan rings is 1. The van der Waals surface area contributed by atoms with Gasteiger partial charge in [0.05, 0.1) is 12.8 Å². The van der Waals surface area contributed by atoms with Gasteiger partial charge in [-0.1, -0.05) is 24.3 Å². The van der Waals surface area contributed by atoms with Gasteiger partial charge in [-0.2, -0.15) is 0 Å². The maximum Gasteiger partial charge on any atom is 0.213 e. The summed E-state index contributed by atoms with van der Waals surface area (Å²) in [5.74, 6) is 0.939. The lowest BCUT2D eigenvalue weighted by atomic mass is 10.1. The monoisotopic (exact) mass is 255 g/mol. The van der Waals surface area contributed by atoms with Crippen LogP contribution in [0.3, 0.4) is 0 Å². The minimum Gasteiger partial charge on any atom is -0.481 e. The Morgan fingerprint density at radius 2 is 2.00 bits per heavy atom. The number of methoxy groups -OCH3 is 1. The summed E-state index contributed by atoms with van der Waals surface area (Å²) in [6, 6.07) is 14.7. The number of fused-ring (bicyclic) bond motifs is 1. The SMILES string of the molecule is COc1cccc(C(O)c2cc3ccccc3o2)n1. The highest BCUT2D eigenvalue weighted by Crippen LogP contribution is 2.27. The van der Waals surface area contributed by atoms with Crippen LogP contribution in [-0.4, -0.2) is 17.2 Å². The van der Waals surface area contributed by atoms with Crippen molar-refractivity contribution in [3.63, 3.8) is 0 Å². The molecule has 2 aromatic heterocycles. The zero-order chi connectivity index (χ0) is 13.2. The third-order valence-corrected chi connectivity index (χ3v) is 2.95. The Bertz CT molecular complexity index is 672. The molecule has 0 aliphatic heterocycles. The summed E-state index contributed by atoms with van der Waals surface area (Å²) >= 11 is 0. The molecule has 0 bridgehead atoms. The highest BCUT2D eigenvalue weighted by atomic mass is 16.5. The van der Waals surface area contributed by atoms with Crippen LogP contribution in [0.4, 0.5) is 0 Å². The Hall–Kier alpha value is -2.33. The maximum atomic E-state index is 10.3. The van der Waals surface area contributed by atoms with Gasteiger partial charge in [-0.15, -0.1) is 0 Å². The van der Waals surface area contributed by atoms with Crippen LogP contribution in [-0.2, 0) is 0 Å². The molecule has 1 N–H and O–H groups in total. The number of hydrogen-bond acceptors (Lipinski definition) is 4. The van der Waals surface area contributed by atoms with Crippen molar-refractivity contribution in [3.8, 4) is 5.88 Å². The van der Waals surface area contributed by atoms with E-state index >= 15 is 0 Å². The number of ether oxygens (including phenoxy) is 1. The van der Waals surface area contributed by atoms with E-state index in [1.54, 1.807) is 25.3 Å². The van der Waals surface area contributed by atoms with Gasteiger partial charge in [-0.25, -0.2) is 4.98 Å². The van der Waals surface area contributed by atoms with Crippen LogP contribution in [0.15, 0.2) is 52.9 Å². The van der Waals surface area contributed by atoms with Crippen molar-refractivity contribution in [2.45, 2.75) is 6.10 Å². The van der Waals surface area contributed by atoms with E-state index in [0.717, 1.165) is 11.0 Å². The molecule has 0 saturated heterocycles. The molecule has 1 aromatic carbocycles. The molecule has 0 aliphatic carbocycles. The third-order valence-electron chi connectivity index (χ3n) is 2.95. The zero-order valence-electron chi connectivity index (χ0n) is 10.4. The molecule has 0 amide bonds. The van der Waals surface area contributed by atoms with Gasteiger partial charge in [0, 0.05) is 11.5 Å². The van der Waals surface area contributed by atoms with E-state index in [1.807, 2.05) is 30.3 Å². The van der Waals surface area contributed by atoms with Gasteiger partial charge in [0.15, 0.2) is 6.10 Å². The molecule has 0 radical (unpaired) electrons. The van der Waals surface area contributed by atoms with Gasteiger partial charge in [-0.05, 0) is 18.2 Å². The van der Waals surface area contributed by atoms with Crippen LogP contribution in [0, 0.1) is 0 Å². The normalized spacial score (nSPS) is 12.5. The first-order valence-electron chi connectivity index (χ1n) is 5.95. The average Bonchev–Trinajstić information content (AvgIpc) is 2.90. The first kappa shape index (κ1) is 11.7. The first-order chi connectivity index (χ1) is 9.28. The van der Waals surface area contributed by atoms with Crippen molar-refractivity contribution in [1.29, 1.82) is 0 Å². The Balaban J connectivity index is 2.00. The number of aliphatic hydroxyl groups excluding tert-OH is 1. The fraction of sp³-hybridized carbons (Fsp3) is 0.133. The lowest BCUT2D eigenvalue weighted by Crippen LogP contribution is -2.01. The van der Waals surface area contributed by atoms with E-state index in [4.69, 9.17) is 9.15 Å². The minimum atomic E-state index is -0.900. The topological polar surface area (TPSA) is 55.5 Å². The average molecular weight is 255 g/mol. The number of benzene rings is 1.